The molecule has 0 N–H and O–H groups in total. The van der Waals surface area contributed by atoms with Gasteiger partial charge >= 0.3 is 0 Å². The molecule has 0 nitrogen and oxygen atoms in total. The lowest BCUT2D eigenvalue weighted by Gasteiger charge is -2.17. The van der Waals surface area contributed by atoms with Crippen LogP contribution in [0.1, 0.15) is 20.3 Å². The molecule has 1 aliphatic rings. The third kappa shape index (κ3) is 2.92. The summed E-state index contributed by atoms with van der Waals surface area (Å²) in [6.45, 7) is 12.1. The van der Waals surface area contributed by atoms with E-state index >= 15 is 0 Å². The highest BCUT2D eigenvalue weighted by atomic mass is 32.2. The molecule has 0 aromatic carbocycles. The lowest BCUT2D eigenvalue weighted by Crippen LogP contribution is -2.04. The van der Waals surface area contributed by atoms with E-state index in [2.05, 4.69) is 37.6 Å². The van der Waals surface area contributed by atoms with Crippen LogP contribution >= 0.6 is 11.8 Å². The van der Waals surface area contributed by atoms with Gasteiger partial charge in [0.2, 0.25) is 0 Å². The molecule has 0 spiro atoms. The summed E-state index contributed by atoms with van der Waals surface area (Å²) in [5.41, 5.74) is 3.70. The van der Waals surface area contributed by atoms with Crippen LogP contribution in [-0.4, -0.2) is 5.25 Å². The average Bonchev–Trinajstić information content (AvgIpc) is 2.08. The minimum Gasteiger partial charge on any atom is -0.122 e. The fourth-order valence-corrected chi connectivity index (χ4v) is 2.03. The Balaban J connectivity index is 2.73. The first kappa shape index (κ1) is 10.4. The van der Waals surface area contributed by atoms with Crippen molar-refractivity contribution in [3.05, 3.63) is 47.4 Å². The van der Waals surface area contributed by atoms with Gasteiger partial charge in [-0.3, -0.25) is 0 Å². The molecule has 0 aromatic heterocycles. The summed E-state index contributed by atoms with van der Waals surface area (Å²) in [4.78, 5) is 0. The minimum atomic E-state index is 0.446. The normalized spacial score (nSPS) is 23.4. The van der Waals surface area contributed by atoms with Crippen molar-refractivity contribution in [3.63, 3.8) is 0 Å². The van der Waals surface area contributed by atoms with Crippen LogP contribution in [0.4, 0.5) is 0 Å². The Morgan fingerprint density at radius 3 is 2.85 bits per heavy atom. The van der Waals surface area contributed by atoms with E-state index in [9.17, 15) is 0 Å². The molecule has 0 amide bonds. The Hall–Kier alpha value is -0.690. The molecular weight excluding hydrogens is 176 g/mol. The number of thioether (sulfide) groups is 1. The lowest BCUT2D eigenvalue weighted by atomic mass is 10.1. The van der Waals surface area contributed by atoms with Gasteiger partial charge in [0, 0.05) is 5.25 Å². The van der Waals surface area contributed by atoms with Gasteiger partial charge in [-0.15, -0.1) is 11.8 Å². The first-order valence-corrected chi connectivity index (χ1v) is 5.38. The van der Waals surface area contributed by atoms with Crippen LogP contribution in [0.3, 0.4) is 0 Å². The Kier molecular flexibility index (Phi) is 3.61. The van der Waals surface area contributed by atoms with Gasteiger partial charge in [-0.25, -0.2) is 0 Å². The molecule has 0 bridgehead atoms. The van der Waals surface area contributed by atoms with Crippen molar-refractivity contribution in [3.8, 4) is 0 Å². The van der Waals surface area contributed by atoms with Crippen molar-refractivity contribution in [1.82, 2.24) is 0 Å². The number of hydrogen-bond donors (Lipinski definition) is 0. The van der Waals surface area contributed by atoms with E-state index in [1.54, 1.807) is 0 Å². The summed E-state index contributed by atoms with van der Waals surface area (Å²) in [5, 5.41) is 2.60. The van der Waals surface area contributed by atoms with Gasteiger partial charge in [0.05, 0.1) is 0 Å². The lowest BCUT2D eigenvalue weighted by molar-refractivity contribution is 1.11. The first-order chi connectivity index (χ1) is 6.11. The SMILES string of the molecule is C=C(C)/C(C)=C\C1SC=CCC1=C. The Labute approximate surface area is 85.1 Å². The molecule has 0 aromatic rings. The standard InChI is InChI=1S/C12H16S/c1-9(2)11(4)8-12-10(3)6-5-7-13-12/h5,7-8,12H,1,3,6H2,2,4H3/b11-8-. The third-order valence-corrected chi connectivity index (χ3v) is 3.29. The predicted octanol–water partition coefficient (Wildman–Crippen LogP) is 4.08. The molecule has 1 rings (SSSR count). The number of hydrogen-bond acceptors (Lipinski definition) is 1. The molecule has 0 saturated carbocycles. The Bertz CT molecular complexity index is 281. The van der Waals surface area contributed by atoms with Crippen LogP contribution in [0.2, 0.25) is 0 Å². The second kappa shape index (κ2) is 4.52. The summed E-state index contributed by atoms with van der Waals surface area (Å²) in [5.74, 6) is 0. The highest BCUT2D eigenvalue weighted by Gasteiger charge is 2.11. The molecule has 1 aliphatic heterocycles. The summed E-state index contributed by atoms with van der Waals surface area (Å²) < 4.78 is 0. The van der Waals surface area contributed by atoms with E-state index in [0.29, 0.717) is 5.25 Å². The molecule has 0 radical (unpaired) electrons. The van der Waals surface area contributed by atoms with Gasteiger partial charge in [0.15, 0.2) is 0 Å². The van der Waals surface area contributed by atoms with E-state index in [1.165, 1.54) is 11.1 Å². The molecule has 13 heavy (non-hydrogen) atoms. The molecule has 1 heterocycles. The van der Waals surface area contributed by atoms with Crippen LogP contribution in [0.5, 0.6) is 0 Å². The fourth-order valence-electron chi connectivity index (χ4n) is 1.08. The van der Waals surface area contributed by atoms with Gasteiger partial charge < -0.3 is 0 Å². The van der Waals surface area contributed by atoms with Crippen molar-refractivity contribution in [2.45, 2.75) is 25.5 Å². The predicted molar refractivity (Wildman–Crippen MR) is 62.8 cm³/mol. The monoisotopic (exact) mass is 192 g/mol. The van der Waals surface area contributed by atoms with Crippen molar-refractivity contribution < 1.29 is 0 Å². The van der Waals surface area contributed by atoms with E-state index in [1.807, 2.05) is 18.7 Å². The van der Waals surface area contributed by atoms with Crippen LogP contribution in [0.15, 0.2) is 47.4 Å². The van der Waals surface area contributed by atoms with E-state index in [4.69, 9.17) is 0 Å². The largest absolute Gasteiger partial charge is 0.122 e. The highest BCUT2D eigenvalue weighted by Crippen LogP contribution is 2.29. The molecule has 0 aliphatic carbocycles. The van der Waals surface area contributed by atoms with Crippen molar-refractivity contribution in [1.29, 1.82) is 0 Å². The molecule has 0 saturated heterocycles. The Morgan fingerprint density at radius 1 is 1.62 bits per heavy atom. The maximum atomic E-state index is 4.06. The number of rotatable bonds is 2. The molecule has 70 valence electrons. The average molecular weight is 192 g/mol. The van der Waals surface area contributed by atoms with Crippen molar-refractivity contribution in [2.75, 3.05) is 0 Å². The summed E-state index contributed by atoms with van der Waals surface area (Å²) in [7, 11) is 0. The molecule has 1 atom stereocenters. The molecule has 0 fully saturated rings. The molecule has 1 heteroatoms. The summed E-state index contributed by atoms with van der Waals surface area (Å²) in [6.07, 6.45) is 5.42. The van der Waals surface area contributed by atoms with Crippen LogP contribution in [0, 0.1) is 0 Å². The van der Waals surface area contributed by atoms with Crippen molar-refractivity contribution in [2.24, 2.45) is 0 Å². The van der Waals surface area contributed by atoms with E-state index in [-0.39, 0.29) is 0 Å². The van der Waals surface area contributed by atoms with Gasteiger partial charge in [0.1, 0.15) is 0 Å². The topological polar surface area (TPSA) is 0 Å². The maximum Gasteiger partial charge on any atom is 0.0484 e. The van der Waals surface area contributed by atoms with Crippen LogP contribution in [-0.2, 0) is 0 Å². The minimum absolute atomic E-state index is 0.446. The zero-order chi connectivity index (χ0) is 9.84. The van der Waals surface area contributed by atoms with Crippen LogP contribution in [0.25, 0.3) is 0 Å². The zero-order valence-electron chi connectivity index (χ0n) is 8.34. The Morgan fingerprint density at radius 2 is 2.31 bits per heavy atom. The van der Waals surface area contributed by atoms with Gasteiger partial charge in [-0.2, -0.15) is 0 Å². The second-order valence-electron chi connectivity index (χ2n) is 3.42. The van der Waals surface area contributed by atoms with Crippen LogP contribution < -0.4 is 0 Å². The zero-order valence-corrected chi connectivity index (χ0v) is 9.16. The van der Waals surface area contributed by atoms with E-state index < -0.39 is 0 Å². The summed E-state index contributed by atoms with van der Waals surface area (Å²) >= 11 is 1.82. The smallest absolute Gasteiger partial charge is 0.0484 e. The fraction of sp³-hybridized carbons (Fsp3) is 0.333. The molecule has 1 unspecified atom stereocenters. The van der Waals surface area contributed by atoms with Gasteiger partial charge in [-0.05, 0) is 25.7 Å². The van der Waals surface area contributed by atoms with E-state index in [0.717, 1.165) is 12.0 Å². The quantitative estimate of drug-likeness (QED) is 0.469. The first-order valence-electron chi connectivity index (χ1n) is 4.43. The molecular formula is C12H16S. The van der Waals surface area contributed by atoms with Gasteiger partial charge in [0.25, 0.3) is 0 Å². The third-order valence-electron chi connectivity index (χ3n) is 2.18. The maximum absolute atomic E-state index is 4.06. The van der Waals surface area contributed by atoms with Crippen molar-refractivity contribution >= 4 is 11.8 Å². The summed E-state index contributed by atoms with van der Waals surface area (Å²) in [6, 6.07) is 0. The highest BCUT2D eigenvalue weighted by molar-refractivity contribution is 8.03. The second-order valence-corrected chi connectivity index (χ2v) is 4.47. The number of allylic oxidation sites excluding steroid dienone is 3. The van der Waals surface area contributed by atoms with Gasteiger partial charge in [-0.1, -0.05) is 42.0 Å².